The van der Waals surface area contributed by atoms with Gasteiger partial charge >= 0.3 is 0 Å². The third-order valence-corrected chi connectivity index (χ3v) is 3.49. The summed E-state index contributed by atoms with van der Waals surface area (Å²) in [6.07, 6.45) is 2.51. The smallest absolute Gasteiger partial charge is 0.249 e. The van der Waals surface area contributed by atoms with Crippen molar-refractivity contribution < 1.29 is 0 Å². The Balaban J connectivity index is 1.77. The van der Waals surface area contributed by atoms with Gasteiger partial charge in [0, 0.05) is 5.69 Å². The van der Waals surface area contributed by atoms with Gasteiger partial charge in [0.05, 0.1) is 17.4 Å². The minimum Gasteiger partial charge on any atom is -0.338 e. The van der Waals surface area contributed by atoms with Crippen LogP contribution in [0.5, 0.6) is 0 Å². The molecule has 0 amide bonds. The highest BCUT2D eigenvalue weighted by Crippen LogP contribution is 2.20. The number of nitrogens with zero attached hydrogens (tertiary/aromatic N) is 4. The molecule has 0 aliphatic heterocycles. The highest BCUT2D eigenvalue weighted by molar-refractivity contribution is 5.64. The van der Waals surface area contributed by atoms with Crippen molar-refractivity contribution in [2.45, 2.75) is 13.3 Å². The van der Waals surface area contributed by atoms with Crippen LogP contribution in [0.2, 0.25) is 0 Å². The normalized spacial score (nSPS) is 10.0. The molecule has 0 unspecified atom stereocenters. The van der Waals surface area contributed by atoms with Crippen molar-refractivity contribution in [2.75, 3.05) is 10.6 Å². The minimum atomic E-state index is 0.388. The number of anilines is 4. The number of aromatic nitrogens is 3. The standard InChI is InChI=1S/C18H16N6/c1-2-13-7-9-15(10-8-13)21-18-23-17(12-20-24-18)22-16-6-4-3-5-14(16)11-19/h3-10,12H,2H2,1H3,(H2,21,22,23,24). The summed E-state index contributed by atoms with van der Waals surface area (Å²) in [5.74, 6) is 0.902. The average molecular weight is 316 g/mol. The van der Waals surface area contributed by atoms with Crippen LogP contribution in [0.15, 0.2) is 54.7 Å². The number of nitriles is 1. The fourth-order valence-electron chi connectivity index (χ4n) is 2.20. The van der Waals surface area contributed by atoms with Crippen LogP contribution >= 0.6 is 0 Å². The molecule has 2 aromatic carbocycles. The molecule has 0 aliphatic rings. The summed E-state index contributed by atoms with van der Waals surface area (Å²) in [4.78, 5) is 4.38. The Morgan fingerprint density at radius 2 is 1.83 bits per heavy atom. The van der Waals surface area contributed by atoms with E-state index in [2.05, 4.69) is 50.9 Å². The van der Waals surface area contributed by atoms with Gasteiger partial charge in [0.2, 0.25) is 5.95 Å². The largest absolute Gasteiger partial charge is 0.338 e. The van der Waals surface area contributed by atoms with Crippen molar-refractivity contribution in [1.29, 1.82) is 5.26 Å². The zero-order valence-corrected chi connectivity index (χ0v) is 13.2. The van der Waals surface area contributed by atoms with Crippen LogP contribution in [0.25, 0.3) is 0 Å². The van der Waals surface area contributed by atoms with E-state index in [0.717, 1.165) is 12.1 Å². The van der Waals surface area contributed by atoms with Gasteiger partial charge in [-0.15, -0.1) is 5.10 Å². The Morgan fingerprint density at radius 1 is 1.04 bits per heavy atom. The second-order valence-electron chi connectivity index (χ2n) is 5.12. The molecule has 0 saturated heterocycles. The molecule has 0 saturated carbocycles. The van der Waals surface area contributed by atoms with Crippen LogP contribution in [0.4, 0.5) is 23.1 Å². The second kappa shape index (κ2) is 7.20. The molecular weight excluding hydrogens is 300 g/mol. The van der Waals surface area contributed by atoms with Crippen LogP contribution in [-0.2, 0) is 6.42 Å². The highest BCUT2D eigenvalue weighted by Gasteiger charge is 2.05. The number of para-hydroxylation sites is 1. The first-order valence-corrected chi connectivity index (χ1v) is 7.60. The molecule has 0 spiro atoms. The quantitative estimate of drug-likeness (QED) is 0.744. The Hall–Kier alpha value is -3.46. The molecule has 0 radical (unpaired) electrons. The Bertz CT molecular complexity index is 867. The second-order valence-corrected chi connectivity index (χ2v) is 5.12. The third-order valence-electron chi connectivity index (χ3n) is 3.49. The average Bonchev–Trinajstić information content (AvgIpc) is 2.63. The lowest BCUT2D eigenvalue weighted by Crippen LogP contribution is -2.03. The van der Waals surface area contributed by atoms with Gasteiger partial charge in [-0.3, -0.25) is 0 Å². The molecule has 3 rings (SSSR count). The fraction of sp³-hybridized carbons (Fsp3) is 0.111. The van der Waals surface area contributed by atoms with E-state index in [-0.39, 0.29) is 0 Å². The van der Waals surface area contributed by atoms with Gasteiger partial charge in [-0.25, -0.2) is 0 Å². The lowest BCUT2D eigenvalue weighted by molar-refractivity contribution is 0.982. The number of benzene rings is 2. The Morgan fingerprint density at radius 3 is 2.58 bits per heavy atom. The lowest BCUT2D eigenvalue weighted by Gasteiger charge is -2.09. The molecule has 118 valence electrons. The molecule has 6 nitrogen and oxygen atoms in total. The minimum absolute atomic E-state index is 0.388. The number of aryl methyl sites for hydroxylation is 1. The molecule has 6 heteroatoms. The molecule has 0 atom stereocenters. The maximum absolute atomic E-state index is 9.14. The van der Waals surface area contributed by atoms with E-state index < -0.39 is 0 Å². The van der Waals surface area contributed by atoms with Gasteiger partial charge in [-0.2, -0.15) is 15.3 Å². The first-order chi connectivity index (χ1) is 11.8. The molecule has 3 aromatic rings. The first kappa shape index (κ1) is 15.4. The Labute approximate surface area is 140 Å². The van der Waals surface area contributed by atoms with E-state index in [1.54, 1.807) is 6.07 Å². The van der Waals surface area contributed by atoms with Crippen LogP contribution in [0.3, 0.4) is 0 Å². The molecular formula is C18H16N6. The predicted molar refractivity (Wildman–Crippen MR) is 93.4 cm³/mol. The number of nitrogens with one attached hydrogen (secondary N) is 2. The van der Waals surface area contributed by atoms with Gasteiger partial charge in [0.1, 0.15) is 6.07 Å². The predicted octanol–water partition coefficient (Wildman–Crippen LogP) is 3.79. The van der Waals surface area contributed by atoms with Gasteiger partial charge in [-0.1, -0.05) is 31.2 Å². The lowest BCUT2D eigenvalue weighted by atomic mass is 10.1. The molecule has 1 aromatic heterocycles. The SMILES string of the molecule is CCc1ccc(Nc2nncc(Nc3ccccc3C#N)n2)cc1. The zero-order valence-electron chi connectivity index (χ0n) is 13.2. The van der Waals surface area contributed by atoms with Crippen molar-refractivity contribution in [2.24, 2.45) is 0 Å². The summed E-state index contributed by atoms with van der Waals surface area (Å²) < 4.78 is 0. The summed E-state index contributed by atoms with van der Waals surface area (Å²) >= 11 is 0. The topological polar surface area (TPSA) is 86.5 Å². The van der Waals surface area contributed by atoms with E-state index in [0.29, 0.717) is 23.0 Å². The van der Waals surface area contributed by atoms with Crippen LogP contribution in [0, 0.1) is 11.3 Å². The van der Waals surface area contributed by atoms with E-state index >= 15 is 0 Å². The third kappa shape index (κ3) is 3.65. The van der Waals surface area contributed by atoms with E-state index in [9.17, 15) is 0 Å². The van der Waals surface area contributed by atoms with E-state index in [1.807, 2.05) is 30.3 Å². The fourth-order valence-corrected chi connectivity index (χ4v) is 2.20. The van der Waals surface area contributed by atoms with Crippen molar-refractivity contribution in [3.8, 4) is 6.07 Å². The summed E-state index contributed by atoms with van der Waals surface area (Å²) in [6, 6.07) is 17.4. The number of rotatable bonds is 5. The molecule has 0 bridgehead atoms. The number of hydrogen-bond acceptors (Lipinski definition) is 6. The van der Waals surface area contributed by atoms with Gasteiger partial charge in [-0.05, 0) is 36.2 Å². The highest BCUT2D eigenvalue weighted by atomic mass is 15.3. The molecule has 2 N–H and O–H groups in total. The monoisotopic (exact) mass is 316 g/mol. The summed E-state index contributed by atoms with van der Waals surface area (Å²) in [7, 11) is 0. The summed E-state index contributed by atoms with van der Waals surface area (Å²) in [5, 5.41) is 23.3. The maximum atomic E-state index is 9.14. The molecule has 24 heavy (non-hydrogen) atoms. The molecule has 1 heterocycles. The van der Waals surface area contributed by atoms with Crippen LogP contribution in [0.1, 0.15) is 18.1 Å². The van der Waals surface area contributed by atoms with E-state index in [1.165, 1.54) is 11.8 Å². The summed E-state index contributed by atoms with van der Waals surface area (Å²) in [5.41, 5.74) is 3.38. The van der Waals surface area contributed by atoms with E-state index in [4.69, 9.17) is 5.26 Å². The van der Waals surface area contributed by atoms with Crippen LogP contribution < -0.4 is 10.6 Å². The first-order valence-electron chi connectivity index (χ1n) is 7.60. The van der Waals surface area contributed by atoms with Crippen molar-refractivity contribution in [1.82, 2.24) is 15.2 Å². The van der Waals surface area contributed by atoms with Crippen molar-refractivity contribution in [3.63, 3.8) is 0 Å². The van der Waals surface area contributed by atoms with Crippen molar-refractivity contribution in [3.05, 3.63) is 65.9 Å². The molecule has 0 fully saturated rings. The van der Waals surface area contributed by atoms with Crippen LogP contribution in [-0.4, -0.2) is 15.2 Å². The van der Waals surface area contributed by atoms with Gasteiger partial charge in [0.15, 0.2) is 5.82 Å². The van der Waals surface area contributed by atoms with Gasteiger partial charge in [0.25, 0.3) is 0 Å². The zero-order chi connectivity index (χ0) is 16.8. The number of hydrogen-bond donors (Lipinski definition) is 2. The summed E-state index contributed by atoms with van der Waals surface area (Å²) in [6.45, 7) is 2.11. The van der Waals surface area contributed by atoms with Gasteiger partial charge < -0.3 is 10.6 Å². The molecule has 0 aliphatic carbocycles. The maximum Gasteiger partial charge on any atom is 0.249 e. The Kier molecular flexibility index (Phi) is 4.63. The van der Waals surface area contributed by atoms with Crippen molar-refractivity contribution >= 4 is 23.1 Å².